The zero-order valence-electron chi connectivity index (χ0n) is 16.3. The second kappa shape index (κ2) is 8.78. The Hall–Kier alpha value is -3.02. The van der Waals surface area contributed by atoms with Crippen molar-refractivity contribution in [1.82, 2.24) is 10.2 Å². The number of aryl methyl sites for hydroxylation is 1. The smallest absolute Gasteiger partial charge is 0.303 e. The van der Waals surface area contributed by atoms with Crippen LogP contribution in [0.1, 0.15) is 16.7 Å². The number of carbonyl (C=O) groups excluding carboxylic acids is 2. The van der Waals surface area contributed by atoms with E-state index in [-0.39, 0.29) is 18.1 Å². The SMILES string of the molecule is Cc1ccc(Sc2ccc(/C=C3\NC(=O)N(Cc4ccc(Cl)cc4)C3=O)cc2)cc1. The molecular formula is C24H19ClN2O2S. The molecule has 3 amide bonds. The van der Waals surface area contributed by atoms with Crippen molar-refractivity contribution >= 4 is 41.4 Å². The molecule has 1 heterocycles. The Labute approximate surface area is 184 Å². The van der Waals surface area contributed by atoms with Gasteiger partial charge in [0.15, 0.2) is 0 Å². The fourth-order valence-electron chi connectivity index (χ4n) is 3.03. The van der Waals surface area contributed by atoms with Gasteiger partial charge in [-0.15, -0.1) is 0 Å². The molecule has 30 heavy (non-hydrogen) atoms. The van der Waals surface area contributed by atoms with Gasteiger partial charge in [-0.1, -0.05) is 65.3 Å². The third-order valence-electron chi connectivity index (χ3n) is 4.66. The molecule has 1 aliphatic rings. The van der Waals surface area contributed by atoms with Crippen molar-refractivity contribution < 1.29 is 9.59 Å². The summed E-state index contributed by atoms with van der Waals surface area (Å²) in [6.07, 6.45) is 1.70. The van der Waals surface area contributed by atoms with E-state index in [1.54, 1.807) is 42.1 Å². The lowest BCUT2D eigenvalue weighted by molar-refractivity contribution is -0.123. The number of benzene rings is 3. The van der Waals surface area contributed by atoms with Crippen molar-refractivity contribution in [2.45, 2.75) is 23.3 Å². The maximum Gasteiger partial charge on any atom is 0.329 e. The van der Waals surface area contributed by atoms with Gasteiger partial charge in [-0.05, 0) is 60.5 Å². The zero-order chi connectivity index (χ0) is 21.1. The van der Waals surface area contributed by atoms with Gasteiger partial charge in [-0.3, -0.25) is 9.69 Å². The van der Waals surface area contributed by atoms with Crippen LogP contribution in [0.5, 0.6) is 0 Å². The lowest BCUT2D eigenvalue weighted by Gasteiger charge is -2.11. The lowest BCUT2D eigenvalue weighted by Crippen LogP contribution is -2.30. The minimum atomic E-state index is -0.423. The maximum absolute atomic E-state index is 12.7. The third kappa shape index (κ3) is 4.75. The molecule has 0 radical (unpaired) electrons. The van der Waals surface area contributed by atoms with E-state index < -0.39 is 6.03 Å². The number of amides is 3. The average molecular weight is 435 g/mol. The number of nitrogens with zero attached hydrogens (tertiary/aromatic N) is 1. The highest BCUT2D eigenvalue weighted by Gasteiger charge is 2.33. The molecule has 1 N–H and O–H groups in total. The first-order valence-electron chi connectivity index (χ1n) is 9.41. The van der Waals surface area contributed by atoms with Crippen LogP contribution < -0.4 is 5.32 Å². The van der Waals surface area contributed by atoms with Crippen LogP contribution in [0.3, 0.4) is 0 Å². The number of imide groups is 1. The summed E-state index contributed by atoms with van der Waals surface area (Å²) in [6.45, 7) is 2.27. The first-order chi connectivity index (χ1) is 14.5. The summed E-state index contributed by atoms with van der Waals surface area (Å²) in [7, 11) is 0. The summed E-state index contributed by atoms with van der Waals surface area (Å²) < 4.78 is 0. The molecule has 0 spiro atoms. The molecule has 1 fully saturated rings. The van der Waals surface area contributed by atoms with E-state index in [2.05, 4.69) is 36.5 Å². The highest BCUT2D eigenvalue weighted by Crippen LogP contribution is 2.28. The second-order valence-corrected chi connectivity index (χ2v) is 8.57. The van der Waals surface area contributed by atoms with E-state index in [1.807, 2.05) is 24.3 Å². The van der Waals surface area contributed by atoms with Crippen LogP contribution in [-0.2, 0) is 11.3 Å². The van der Waals surface area contributed by atoms with E-state index in [0.717, 1.165) is 16.0 Å². The highest BCUT2D eigenvalue weighted by molar-refractivity contribution is 7.99. The fraction of sp³-hybridized carbons (Fsp3) is 0.0833. The van der Waals surface area contributed by atoms with Crippen molar-refractivity contribution in [2.24, 2.45) is 0 Å². The first-order valence-corrected chi connectivity index (χ1v) is 10.6. The van der Waals surface area contributed by atoms with Gasteiger partial charge in [-0.25, -0.2) is 4.79 Å². The number of hydrogen-bond donors (Lipinski definition) is 1. The monoisotopic (exact) mass is 434 g/mol. The summed E-state index contributed by atoms with van der Waals surface area (Å²) in [5.74, 6) is -0.340. The van der Waals surface area contributed by atoms with E-state index in [9.17, 15) is 9.59 Å². The average Bonchev–Trinajstić information content (AvgIpc) is 3.00. The zero-order valence-corrected chi connectivity index (χ0v) is 17.8. The van der Waals surface area contributed by atoms with Gasteiger partial charge < -0.3 is 5.32 Å². The van der Waals surface area contributed by atoms with Crippen molar-refractivity contribution in [2.75, 3.05) is 0 Å². The highest BCUT2D eigenvalue weighted by atomic mass is 35.5. The van der Waals surface area contributed by atoms with Crippen molar-refractivity contribution in [3.8, 4) is 0 Å². The molecule has 6 heteroatoms. The molecule has 3 aromatic rings. The Morgan fingerprint density at radius 1 is 0.900 bits per heavy atom. The largest absolute Gasteiger partial charge is 0.329 e. The Bertz CT molecular complexity index is 1110. The summed E-state index contributed by atoms with van der Waals surface area (Å²) in [6, 6.07) is 22.9. The molecule has 4 nitrogen and oxygen atoms in total. The van der Waals surface area contributed by atoms with Crippen LogP contribution in [0.15, 0.2) is 88.3 Å². The molecule has 4 rings (SSSR count). The molecule has 0 bridgehead atoms. The molecule has 1 aliphatic heterocycles. The number of carbonyl (C=O) groups is 2. The van der Waals surface area contributed by atoms with Gasteiger partial charge in [-0.2, -0.15) is 0 Å². The molecule has 0 aromatic heterocycles. The molecule has 0 atom stereocenters. The normalized spacial score (nSPS) is 15.0. The van der Waals surface area contributed by atoms with Gasteiger partial charge in [0, 0.05) is 14.8 Å². The predicted octanol–water partition coefficient (Wildman–Crippen LogP) is 5.89. The Morgan fingerprint density at radius 2 is 1.50 bits per heavy atom. The number of halogens is 1. The number of urea groups is 1. The molecule has 0 saturated carbocycles. The van der Waals surface area contributed by atoms with Crippen molar-refractivity contribution in [3.05, 3.63) is 100 Å². The predicted molar refractivity (Wildman–Crippen MR) is 120 cm³/mol. The van der Waals surface area contributed by atoms with E-state index in [4.69, 9.17) is 11.6 Å². The Kier molecular flexibility index (Phi) is 5.93. The molecular weight excluding hydrogens is 416 g/mol. The number of nitrogens with one attached hydrogen (secondary N) is 1. The van der Waals surface area contributed by atoms with Gasteiger partial charge >= 0.3 is 6.03 Å². The third-order valence-corrected chi connectivity index (χ3v) is 5.93. The lowest BCUT2D eigenvalue weighted by atomic mass is 10.2. The molecule has 3 aromatic carbocycles. The van der Waals surface area contributed by atoms with Crippen LogP contribution in [0.2, 0.25) is 5.02 Å². The van der Waals surface area contributed by atoms with Crippen molar-refractivity contribution in [1.29, 1.82) is 0 Å². The minimum absolute atomic E-state index is 0.200. The molecule has 1 saturated heterocycles. The molecule has 150 valence electrons. The van der Waals surface area contributed by atoms with E-state index in [1.165, 1.54) is 15.4 Å². The van der Waals surface area contributed by atoms with Gasteiger partial charge in [0.1, 0.15) is 5.70 Å². The van der Waals surface area contributed by atoms with Crippen LogP contribution in [-0.4, -0.2) is 16.8 Å². The van der Waals surface area contributed by atoms with Crippen LogP contribution in [0.25, 0.3) is 6.08 Å². The Morgan fingerprint density at radius 3 is 2.13 bits per heavy atom. The summed E-state index contributed by atoms with van der Waals surface area (Å²) in [5, 5.41) is 3.27. The van der Waals surface area contributed by atoms with Gasteiger partial charge in [0.2, 0.25) is 0 Å². The topological polar surface area (TPSA) is 49.4 Å². The van der Waals surface area contributed by atoms with Crippen LogP contribution >= 0.6 is 23.4 Å². The summed E-state index contributed by atoms with van der Waals surface area (Å²) in [5.41, 5.74) is 3.18. The quantitative estimate of drug-likeness (QED) is 0.402. The molecule has 0 unspecified atom stereocenters. The fourth-order valence-corrected chi connectivity index (χ4v) is 3.97. The second-order valence-electron chi connectivity index (χ2n) is 6.99. The van der Waals surface area contributed by atoms with Crippen molar-refractivity contribution in [3.63, 3.8) is 0 Å². The minimum Gasteiger partial charge on any atom is -0.303 e. The molecule has 0 aliphatic carbocycles. The van der Waals surface area contributed by atoms with Crippen LogP contribution in [0.4, 0.5) is 4.79 Å². The van der Waals surface area contributed by atoms with E-state index in [0.29, 0.717) is 5.02 Å². The number of hydrogen-bond acceptors (Lipinski definition) is 3. The summed E-state index contributed by atoms with van der Waals surface area (Å²) in [4.78, 5) is 28.4. The van der Waals surface area contributed by atoms with Gasteiger partial charge in [0.25, 0.3) is 5.91 Å². The standard InChI is InChI=1S/C24H19ClN2O2S/c1-16-2-10-20(11-3-16)30-21-12-6-17(7-13-21)14-22-23(28)27(24(29)26-22)15-18-4-8-19(25)9-5-18/h2-14H,15H2,1H3,(H,26,29)/b22-14-. The maximum atomic E-state index is 12.7. The number of rotatable bonds is 5. The summed E-state index contributed by atoms with van der Waals surface area (Å²) >= 11 is 7.57. The van der Waals surface area contributed by atoms with Crippen LogP contribution in [0, 0.1) is 6.92 Å². The van der Waals surface area contributed by atoms with Gasteiger partial charge in [0.05, 0.1) is 6.54 Å². The Balaban J connectivity index is 1.45. The van der Waals surface area contributed by atoms with E-state index >= 15 is 0 Å². The first kappa shape index (κ1) is 20.3.